The summed E-state index contributed by atoms with van der Waals surface area (Å²) in [5.41, 5.74) is 2.58. The number of amides is 4. The Morgan fingerprint density at radius 2 is 1.56 bits per heavy atom. The third kappa shape index (κ3) is 7.53. The van der Waals surface area contributed by atoms with Crippen molar-refractivity contribution in [2.75, 3.05) is 49.5 Å². The monoisotopic (exact) mass is 535 g/mol. The predicted octanol–water partition coefficient (Wildman–Crippen LogP) is 4.10. The molecule has 0 atom stereocenters. The maximum absolute atomic E-state index is 13.5. The van der Waals surface area contributed by atoms with Gasteiger partial charge in [0.2, 0.25) is 5.91 Å². The molecule has 0 spiro atoms. The van der Waals surface area contributed by atoms with Crippen LogP contribution >= 0.6 is 0 Å². The summed E-state index contributed by atoms with van der Waals surface area (Å²) in [5.74, 6) is -1.35. The highest BCUT2D eigenvalue weighted by Crippen LogP contribution is 2.21. The van der Waals surface area contributed by atoms with E-state index in [0.29, 0.717) is 49.5 Å². The van der Waals surface area contributed by atoms with Crippen LogP contribution in [-0.4, -0.2) is 66.9 Å². The zero-order valence-corrected chi connectivity index (χ0v) is 21.7. The minimum atomic E-state index is -0.434. The molecule has 10 heteroatoms. The summed E-state index contributed by atoms with van der Waals surface area (Å²) in [7, 11) is 0. The van der Waals surface area contributed by atoms with Gasteiger partial charge in [-0.3, -0.25) is 9.59 Å². The topological polar surface area (TPSA) is 85.0 Å². The van der Waals surface area contributed by atoms with Gasteiger partial charge in [-0.1, -0.05) is 18.2 Å². The highest BCUT2D eigenvalue weighted by molar-refractivity contribution is 5.95. The van der Waals surface area contributed by atoms with Crippen LogP contribution in [0.1, 0.15) is 22.8 Å². The third-order valence-corrected chi connectivity index (χ3v) is 6.39. The van der Waals surface area contributed by atoms with Crippen LogP contribution in [0.4, 0.5) is 25.0 Å². The van der Waals surface area contributed by atoms with Crippen LogP contribution in [-0.2, 0) is 11.3 Å². The van der Waals surface area contributed by atoms with E-state index in [9.17, 15) is 23.2 Å². The Labute approximate surface area is 226 Å². The summed E-state index contributed by atoms with van der Waals surface area (Å²) < 4.78 is 26.7. The molecule has 0 radical (unpaired) electrons. The molecular weight excluding hydrogens is 504 g/mol. The molecule has 0 unspecified atom stereocenters. The first-order valence-corrected chi connectivity index (χ1v) is 12.8. The van der Waals surface area contributed by atoms with Crippen LogP contribution in [0.25, 0.3) is 0 Å². The minimum absolute atomic E-state index is 0.159. The summed E-state index contributed by atoms with van der Waals surface area (Å²) in [6.07, 6.45) is 0. The van der Waals surface area contributed by atoms with Gasteiger partial charge in [0.1, 0.15) is 18.2 Å². The molecule has 0 aromatic heterocycles. The Balaban J connectivity index is 1.30. The number of nitrogens with zero attached hydrogens (tertiary/aromatic N) is 3. The van der Waals surface area contributed by atoms with E-state index in [0.717, 1.165) is 5.69 Å². The third-order valence-electron chi connectivity index (χ3n) is 6.39. The van der Waals surface area contributed by atoms with Crippen molar-refractivity contribution in [2.45, 2.75) is 13.5 Å². The summed E-state index contributed by atoms with van der Waals surface area (Å²) >= 11 is 0. The maximum atomic E-state index is 13.5. The van der Waals surface area contributed by atoms with Crippen molar-refractivity contribution in [2.24, 2.45) is 0 Å². The SMILES string of the molecule is CCNC(=O)N(CC(=O)Nc1ccc(N2CCN(C(=O)c3cccc(F)c3)CC2)cc1)Cc1ccc(F)cc1. The molecule has 1 fully saturated rings. The average molecular weight is 536 g/mol. The molecule has 204 valence electrons. The summed E-state index contributed by atoms with van der Waals surface area (Å²) in [6.45, 7) is 4.45. The fourth-order valence-electron chi connectivity index (χ4n) is 4.37. The predicted molar refractivity (Wildman–Crippen MR) is 145 cm³/mol. The lowest BCUT2D eigenvalue weighted by molar-refractivity contribution is -0.116. The highest BCUT2D eigenvalue weighted by atomic mass is 19.1. The van der Waals surface area contributed by atoms with Crippen molar-refractivity contribution in [3.05, 3.63) is 95.6 Å². The van der Waals surface area contributed by atoms with E-state index in [4.69, 9.17) is 0 Å². The first-order chi connectivity index (χ1) is 18.8. The van der Waals surface area contributed by atoms with Gasteiger partial charge in [0.15, 0.2) is 0 Å². The van der Waals surface area contributed by atoms with Crippen molar-refractivity contribution < 1.29 is 23.2 Å². The molecule has 1 heterocycles. The largest absolute Gasteiger partial charge is 0.368 e. The molecule has 0 saturated carbocycles. The van der Waals surface area contributed by atoms with Crippen molar-refractivity contribution in [1.29, 1.82) is 0 Å². The second-order valence-corrected chi connectivity index (χ2v) is 9.20. The van der Waals surface area contributed by atoms with E-state index < -0.39 is 5.82 Å². The Hall–Kier alpha value is -4.47. The van der Waals surface area contributed by atoms with Gasteiger partial charge in [-0.2, -0.15) is 0 Å². The summed E-state index contributed by atoms with van der Waals surface area (Å²) in [4.78, 5) is 43.1. The fraction of sp³-hybridized carbons (Fsp3) is 0.276. The number of piperazine rings is 1. The lowest BCUT2D eigenvalue weighted by atomic mass is 10.1. The van der Waals surface area contributed by atoms with Gasteiger partial charge in [-0.15, -0.1) is 0 Å². The maximum Gasteiger partial charge on any atom is 0.318 e. The van der Waals surface area contributed by atoms with Crippen LogP contribution in [0.2, 0.25) is 0 Å². The number of benzene rings is 3. The molecule has 1 aliphatic heterocycles. The Bertz CT molecular complexity index is 1290. The van der Waals surface area contributed by atoms with Gasteiger partial charge in [0.25, 0.3) is 5.91 Å². The smallest absolute Gasteiger partial charge is 0.318 e. The molecule has 1 aliphatic rings. The van der Waals surface area contributed by atoms with Gasteiger partial charge in [0.05, 0.1) is 0 Å². The van der Waals surface area contributed by atoms with Crippen molar-refractivity contribution >= 4 is 29.2 Å². The number of hydrogen-bond donors (Lipinski definition) is 2. The molecule has 4 amide bonds. The molecular formula is C29H31F2N5O3. The van der Waals surface area contributed by atoms with Crippen molar-refractivity contribution in [3.63, 3.8) is 0 Å². The number of carbonyl (C=O) groups is 3. The van der Waals surface area contributed by atoms with Crippen LogP contribution in [0.3, 0.4) is 0 Å². The first-order valence-electron chi connectivity index (χ1n) is 12.8. The molecule has 39 heavy (non-hydrogen) atoms. The second kappa shape index (κ2) is 12.9. The normalized spacial score (nSPS) is 13.1. The van der Waals surface area contributed by atoms with Gasteiger partial charge in [-0.25, -0.2) is 13.6 Å². The number of anilines is 2. The number of hydrogen-bond acceptors (Lipinski definition) is 4. The van der Waals surface area contributed by atoms with Gasteiger partial charge >= 0.3 is 6.03 Å². The molecule has 8 nitrogen and oxygen atoms in total. The Morgan fingerprint density at radius 1 is 0.872 bits per heavy atom. The van der Waals surface area contributed by atoms with E-state index in [1.54, 1.807) is 42.2 Å². The highest BCUT2D eigenvalue weighted by Gasteiger charge is 2.23. The minimum Gasteiger partial charge on any atom is -0.368 e. The van der Waals surface area contributed by atoms with E-state index in [-0.39, 0.29) is 36.8 Å². The van der Waals surface area contributed by atoms with Crippen molar-refractivity contribution in [3.8, 4) is 0 Å². The zero-order valence-electron chi connectivity index (χ0n) is 21.7. The Morgan fingerprint density at radius 3 is 2.21 bits per heavy atom. The number of rotatable bonds is 8. The van der Waals surface area contributed by atoms with E-state index in [1.807, 2.05) is 12.1 Å². The number of urea groups is 1. The molecule has 3 aromatic rings. The van der Waals surface area contributed by atoms with Crippen LogP contribution < -0.4 is 15.5 Å². The van der Waals surface area contributed by atoms with Gasteiger partial charge in [0, 0.05) is 56.2 Å². The molecule has 3 aromatic carbocycles. The van der Waals surface area contributed by atoms with Crippen LogP contribution in [0, 0.1) is 11.6 Å². The van der Waals surface area contributed by atoms with Gasteiger partial charge < -0.3 is 25.3 Å². The van der Waals surface area contributed by atoms with E-state index in [1.165, 1.54) is 35.2 Å². The number of carbonyl (C=O) groups excluding carboxylic acids is 3. The van der Waals surface area contributed by atoms with Crippen molar-refractivity contribution in [1.82, 2.24) is 15.1 Å². The van der Waals surface area contributed by atoms with E-state index >= 15 is 0 Å². The number of nitrogens with one attached hydrogen (secondary N) is 2. The lowest BCUT2D eigenvalue weighted by Gasteiger charge is -2.36. The Kier molecular flexibility index (Phi) is 9.09. The first kappa shape index (κ1) is 27.6. The summed E-state index contributed by atoms with van der Waals surface area (Å²) in [6, 6.07) is 18.5. The lowest BCUT2D eigenvalue weighted by Crippen LogP contribution is -2.48. The van der Waals surface area contributed by atoms with Crippen LogP contribution in [0.15, 0.2) is 72.8 Å². The fourth-order valence-corrected chi connectivity index (χ4v) is 4.37. The molecule has 0 bridgehead atoms. The molecule has 2 N–H and O–H groups in total. The summed E-state index contributed by atoms with van der Waals surface area (Å²) in [5, 5.41) is 5.51. The second-order valence-electron chi connectivity index (χ2n) is 9.20. The van der Waals surface area contributed by atoms with E-state index in [2.05, 4.69) is 15.5 Å². The standard InChI is InChI=1S/C29H31F2N5O3/c1-2-32-29(39)36(19-21-6-8-23(30)9-7-21)20-27(37)33-25-10-12-26(13-11-25)34-14-16-35(17-15-34)28(38)22-4-3-5-24(31)18-22/h3-13,18H,2,14-17,19-20H2,1H3,(H,32,39)(H,33,37). The quantitative estimate of drug-likeness (QED) is 0.455. The van der Waals surface area contributed by atoms with Crippen LogP contribution in [0.5, 0.6) is 0 Å². The molecule has 4 rings (SSSR count). The zero-order chi connectivity index (χ0) is 27.8. The number of halogens is 2. The van der Waals surface area contributed by atoms with Gasteiger partial charge in [-0.05, 0) is 67.1 Å². The average Bonchev–Trinajstić information content (AvgIpc) is 2.94. The molecule has 0 aliphatic carbocycles. The molecule has 1 saturated heterocycles.